The van der Waals surface area contributed by atoms with Crippen molar-refractivity contribution in [2.45, 2.75) is 30.1 Å². The zero-order valence-corrected chi connectivity index (χ0v) is 14.3. The fourth-order valence-corrected chi connectivity index (χ4v) is 2.77. The molecule has 0 saturated carbocycles. The van der Waals surface area contributed by atoms with Crippen LogP contribution in [0, 0.1) is 0 Å². The van der Waals surface area contributed by atoms with Gasteiger partial charge in [-0.2, -0.15) is 0 Å². The lowest BCUT2D eigenvalue weighted by Gasteiger charge is -2.26. The predicted octanol–water partition coefficient (Wildman–Crippen LogP) is 4.42. The van der Waals surface area contributed by atoms with Crippen LogP contribution in [0.15, 0.2) is 30.3 Å². The van der Waals surface area contributed by atoms with E-state index in [2.05, 4.69) is 24.1 Å². The molecule has 1 aromatic rings. The van der Waals surface area contributed by atoms with Gasteiger partial charge < -0.3 is 10.2 Å². The number of hydrogen-bond acceptors (Lipinski definition) is 2. The summed E-state index contributed by atoms with van der Waals surface area (Å²) in [7, 11) is 0. The number of nitrogens with zero attached hydrogens (tertiary/aromatic N) is 1. The summed E-state index contributed by atoms with van der Waals surface area (Å²) in [4.78, 5) is 2.38. The van der Waals surface area contributed by atoms with E-state index >= 15 is 0 Å². The molecule has 0 spiro atoms. The quantitative estimate of drug-likeness (QED) is 0.558. The topological polar surface area (TPSA) is 15.3 Å². The summed E-state index contributed by atoms with van der Waals surface area (Å²) >= 11 is 18.3. The molecular weight excluding hydrogens is 315 g/mol. The van der Waals surface area contributed by atoms with E-state index in [0.29, 0.717) is 0 Å². The van der Waals surface area contributed by atoms with Crippen molar-refractivity contribution in [3.63, 3.8) is 0 Å². The molecule has 1 N–H and O–H groups in total. The van der Waals surface area contributed by atoms with Crippen molar-refractivity contribution in [1.82, 2.24) is 10.2 Å². The maximum absolute atomic E-state index is 6.09. The van der Waals surface area contributed by atoms with Gasteiger partial charge in [-0.05, 0) is 38.2 Å². The van der Waals surface area contributed by atoms with Gasteiger partial charge >= 0.3 is 0 Å². The number of nitrogens with one attached hydrogen (secondary N) is 1. The molecule has 114 valence electrons. The summed E-state index contributed by atoms with van der Waals surface area (Å²) in [6.07, 6.45) is 1.03. The van der Waals surface area contributed by atoms with Gasteiger partial charge in [0.1, 0.15) is 0 Å². The van der Waals surface area contributed by atoms with E-state index in [1.54, 1.807) is 0 Å². The number of benzene rings is 1. The zero-order chi connectivity index (χ0) is 15.0. The Balaban J connectivity index is 2.51. The third-order valence-corrected chi connectivity index (χ3v) is 4.01. The molecule has 0 fully saturated rings. The summed E-state index contributed by atoms with van der Waals surface area (Å²) in [5.74, 6) is 0. The minimum atomic E-state index is -1.35. The summed E-state index contributed by atoms with van der Waals surface area (Å²) in [6.45, 7) is 8.37. The van der Waals surface area contributed by atoms with Crippen molar-refractivity contribution in [3.05, 3.63) is 35.9 Å². The highest BCUT2D eigenvalue weighted by Gasteiger charge is 2.33. The fraction of sp³-hybridized carbons (Fsp3) is 0.600. The Labute approximate surface area is 137 Å². The van der Waals surface area contributed by atoms with E-state index in [1.807, 2.05) is 30.3 Å². The van der Waals surface area contributed by atoms with Crippen LogP contribution in [0.1, 0.15) is 31.9 Å². The Kier molecular flexibility index (Phi) is 8.23. The summed E-state index contributed by atoms with van der Waals surface area (Å²) in [5, 5.41) is 3.36. The number of alkyl halides is 3. The van der Waals surface area contributed by atoms with Gasteiger partial charge in [-0.25, -0.2) is 0 Å². The molecule has 1 aromatic carbocycles. The molecule has 0 radical (unpaired) electrons. The first kappa shape index (κ1) is 18.1. The van der Waals surface area contributed by atoms with E-state index < -0.39 is 3.79 Å². The van der Waals surface area contributed by atoms with Crippen LogP contribution in [0.5, 0.6) is 0 Å². The monoisotopic (exact) mass is 336 g/mol. The van der Waals surface area contributed by atoms with Crippen LogP contribution >= 0.6 is 34.8 Å². The molecule has 2 nitrogen and oxygen atoms in total. The average molecular weight is 338 g/mol. The Morgan fingerprint density at radius 3 is 2.20 bits per heavy atom. The van der Waals surface area contributed by atoms with Crippen LogP contribution < -0.4 is 5.32 Å². The molecule has 0 unspecified atom stereocenters. The van der Waals surface area contributed by atoms with Gasteiger partial charge in [0, 0.05) is 0 Å². The molecule has 0 aliphatic heterocycles. The number of rotatable bonds is 8. The molecule has 0 amide bonds. The van der Waals surface area contributed by atoms with Gasteiger partial charge in [0.15, 0.2) is 0 Å². The molecule has 1 rings (SSSR count). The highest BCUT2D eigenvalue weighted by atomic mass is 35.6. The van der Waals surface area contributed by atoms with E-state index in [1.165, 1.54) is 0 Å². The second-order valence-corrected chi connectivity index (χ2v) is 7.09. The Bertz CT molecular complexity index is 361. The molecule has 0 aromatic heterocycles. The van der Waals surface area contributed by atoms with Crippen molar-refractivity contribution in [2.24, 2.45) is 0 Å². The van der Waals surface area contributed by atoms with Gasteiger partial charge in [-0.3, -0.25) is 0 Å². The summed E-state index contributed by atoms with van der Waals surface area (Å²) in [6, 6.07) is 9.53. The van der Waals surface area contributed by atoms with E-state index in [9.17, 15) is 0 Å². The lowest BCUT2D eigenvalue weighted by Crippen LogP contribution is -2.34. The maximum atomic E-state index is 6.09. The first-order valence-electron chi connectivity index (χ1n) is 7.06. The van der Waals surface area contributed by atoms with Crippen molar-refractivity contribution in [1.29, 1.82) is 0 Å². The van der Waals surface area contributed by atoms with Crippen molar-refractivity contribution >= 4 is 34.8 Å². The first-order chi connectivity index (χ1) is 9.49. The maximum Gasteiger partial charge on any atom is 0.209 e. The smallest absolute Gasteiger partial charge is 0.209 e. The largest absolute Gasteiger partial charge is 0.306 e. The van der Waals surface area contributed by atoms with E-state index in [0.717, 1.165) is 38.2 Å². The van der Waals surface area contributed by atoms with Crippen LogP contribution in [-0.4, -0.2) is 34.9 Å². The lowest BCUT2D eigenvalue weighted by atomic mass is 10.1. The lowest BCUT2D eigenvalue weighted by molar-refractivity contribution is 0.295. The molecule has 0 bridgehead atoms. The Hall–Kier alpha value is 0.01000. The highest BCUT2D eigenvalue weighted by molar-refractivity contribution is 6.68. The first-order valence-corrected chi connectivity index (χ1v) is 8.19. The van der Waals surface area contributed by atoms with Crippen LogP contribution in [0.25, 0.3) is 0 Å². The fourth-order valence-electron chi connectivity index (χ4n) is 2.16. The minimum Gasteiger partial charge on any atom is -0.306 e. The molecule has 1 atom stereocenters. The predicted molar refractivity (Wildman–Crippen MR) is 89.9 cm³/mol. The average Bonchev–Trinajstić information content (AvgIpc) is 2.42. The number of hydrogen-bond donors (Lipinski definition) is 1. The highest BCUT2D eigenvalue weighted by Crippen LogP contribution is 2.39. The molecule has 5 heteroatoms. The molecule has 20 heavy (non-hydrogen) atoms. The normalized spacial score (nSPS) is 13.7. The Morgan fingerprint density at radius 2 is 1.70 bits per heavy atom. The van der Waals surface area contributed by atoms with Crippen molar-refractivity contribution < 1.29 is 0 Å². The third kappa shape index (κ3) is 6.19. The van der Waals surface area contributed by atoms with E-state index in [-0.39, 0.29) is 6.04 Å². The standard InChI is InChI=1S/C15H23Cl3N2/c1-3-20(4-2)12-8-11-19-14(15(16,17)18)13-9-6-5-7-10-13/h5-7,9-10,14,19H,3-4,8,11-12H2,1-2H3/t14-/m0/s1. The molecule has 0 aliphatic rings. The molecule has 0 saturated heterocycles. The minimum absolute atomic E-state index is 0.287. The number of halogens is 3. The zero-order valence-electron chi connectivity index (χ0n) is 12.1. The van der Waals surface area contributed by atoms with Crippen LogP contribution in [0.2, 0.25) is 0 Å². The summed E-state index contributed by atoms with van der Waals surface area (Å²) < 4.78 is -1.35. The van der Waals surface area contributed by atoms with Crippen molar-refractivity contribution in [2.75, 3.05) is 26.2 Å². The van der Waals surface area contributed by atoms with Crippen LogP contribution in [-0.2, 0) is 0 Å². The van der Waals surface area contributed by atoms with Gasteiger partial charge in [-0.1, -0.05) is 79.0 Å². The second kappa shape index (κ2) is 9.11. The van der Waals surface area contributed by atoms with Gasteiger partial charge in [0.25, 0.3) is 0 Å². The van der Waals surface area contributed by atoms with Crippen LogP contribution in [0.4, 0.5) is 0 Å². The SMILES string of the molecule is CCN(CC)CCCN[C@@H](c1ccccc1)C(Cl)(Cl)Cl. The molecule has 0 aliphatic carbocycles. The van der Waals surface area contributed by atoms with Gasteiger partial charge in [0.2, 0.25) is 3.79 Å². The van der Waals surface area contributed by atoms with Gasteiger partial charge in [-0.15, -0.1) is 0 Å². The second-order valence-electron chi connectivity index (χ2n) is 4.72. The third-order valence-electron chi connectivity index (χ3n) is 3.35. The molecule has 0 heterocycles. The van der Waals surface area contributed by atoms with E-state index in [4.69, 9.17) is 34.8 Å². The summed E-state index contributed by atoms with van der Waals surface area (Å²) in [5.41, 5.74) is 0.996. The molecular formula is C15H23Cl3N2. The van der Waals surface area contributed by atoms with Gasteiger partial charge in [0.05, 0.1) is 6.04 Å². The van der Waals surface area contributed by atoms with Crippen LogP contribution in [0.3, 0.4) is 0 Å². The van der Waals surface area contributed by atoms with Crippen molar-refractivity contribution in [3.8, 4) is 0 Å². The Morgan fingerprint density at radius 1 is 1.10 bits per heavy atom.